The molecule has 1 aromatic rings. The van der Waals surface area contributed by atoms with Crippen LogP contribution in [-0.2, 0) is 18.9 Å². The molecule has 0 aromatic heterocycles. The van der Waals surface area contributed by atoms with E-state index in [1.54, 1.807) is 14.2 Å². The van der Waals surface area contributed by atoms with Gasteiger partial charge in [-0.15, -0.1) is 0 Å². The first-order chi connectivity index (χ1) is 12.6. The van der Waals surface area contributed by atoms with E-state index in [4.69, 9.17) is 18.9 Å². The van der Waals surface area contributed by atoms with Crippen LogP contribution in [-0.4, -0.2) is 40.6 Å². The fourth-order valence-electron chi connectivity index (χ4n) is 4.10. The van der Waals surface area contributed by atoms with E-state index in [0.29, 0.717) is 0 Å². The Bertz CT molecular complexity index is 498. The highest BCUT2D eigenvalue weighted by Crippen LogP contribution is 2.43. The standard InChI is InChI=1S/C22H34O4/c1-5-21(13-25-14-21)11-19(23-3)17-7-9-18(10-8-17)20(24-4)12-22(6-2)15-26-16-22/h7-10,19-20H,5-6,11-16H2,1-4H3. The Morgan fingerprint density at radius 1 is 0.769 bits per heavy atom. The number of rotatable bonds is 10. The van der Waals surface area contributed by atoms with Gasteiger partial charge in [-0.3, -0.25) is 0 Å². The van der Waals surface area contributed by atoms with Crippen molar-refractivity contribution in [3.05, 3.63) is 35.4 Å². The highest BCUT2D eigenvalue weighted by Gasteiger charge is 2.40. The van der Waals surface area contributed by atoms with Crippen LogP contribution < -0.4 is 0 Å². The van der Waals surface area contributed by atoms with E-state index in [9.17, 15) is 0 Å². The summed E-state index contributed by atoms with van der Waals surface area (Å²) in [5.41, 5.74) is 3.05. The molecule has 146 valence electrons. The Hall–Kier alpha value is -0.940. The number of benzene rings is 1. The van der Waals surface area contributed by atoms with Crippen LogP contribution in [0.15, 0.2) is 24.3 Å². The molecule has 2 unspecified atom stereocenters. The molecule has 0 N–H and O–H groups in total. The van der Waals surface area contributed by atoms with Crippen molar-refractivity contribution in [1.29, 1.82) is 0 Å². The van der Waals surface area contributed by atoms with Gasteiger partial charge in [-0.2, -0.15) is 0 Å². The van der Waals surface area contributed by atoms with E-state index in [2.05, 4.69) is 38.1 Å². The average Bonchev–Trinajstić information content (AvgIpc) is 2.62. The minimum absolute atomic E-state index is 0.121. The maximum atomic E-state index is 5.82. The molecule has 0 amide bonds. The predicted molar refractivity (Wildman–Crippen MR) is 102 cm³/mol. The first-order valence-electron chi connectivity index (χ1n) is 9.90. The SMILES string of the molecule is CCC1(CC(OC)c2ccc(C(CC3(CC)COC3)OC)cc2)COC1. The normalized spacial score (nSPS) is 22.9. The Kier molecular flexibility index (Phi) is 6.39. The van der Waals surface area contributed by atoms with Gasteiger partial charge in [-0.1, -0.05) is 38.1 Å². The Labute approximate surface area is 158 Å². The molecule has 2 fully saturated rings. The molecule has 1 aromatic carbocycles. The van der Waals surface area contributed by atoms with Crippen LogP contribution >= 0.6 is 0 Å². The van der Waals surface area contributed by atoms with Gasteiger partial charge in [0.2, 0.25) is 0 Å². The van der Waals surface area contributed by atoms with Crippen LogP contribution in [0.3, 0.4) is 0 Å². The Morgan fingerprint density at radius 2 is 1.12 bits per heavy atom. The quantitative estimate of drug-likeness (QED) is 0.605. The van der Waals surface area contributed by atoms with E-state index in [1.807, 2.05) is 0 Å². The van der Waals surface area contributed by atoms with Crippen LogP contribution in [0.1, 0.15) is 62.9 Å². The van der Waals surface area contributed by atoms with Gasteiger partial charge in [0.15, 0.2) is 0 Å². The molecule has 4 heteroatoms. The smallest absolute Gasteiger partial charge is 0.0828 e. The maximum absolute atomic E-state index is 5.82. The summed E-state index contributed by atoms with van der Waals surface area (Å²) in [6.07, 6.45) is 4.55. The lowest BCUT2D eigenvalue weighted by Gasteiger charge is -2.43. The average molecular weight is 363 g/mol. The molecule has 3 rings (SSSR count). The Morgan fingerprint density at radius 3 is 1.31 bits per heavy atom. The Balaban J connectivity index is 1.67. The summed E-state index contributed by atoms with van der Waals surface area (Å²) in [6.45, 7) is 7.91. The van der Waals surface area contributed by atoms with Crippen LogP contribution in [0.5, 0.6) is 0 Å². The molecule has 2 aliphatic rings. The van der Waals surface area contributed by atoms with Gasteiger partial charge in [0.25, 0.3) is 0 Å². The number of hydrogen-bond donors (Lipinski definition) is 0. The van der Waals surface area contributed by atoms with Crippen molar-refractivity contribution >= 4 is 0 Å². The summed E-state index contributed by atoms with van der Waals surface area (Å²) < 4.78 is 22.6. The topological polar surface area (TPSA) is 36.9 Å². The molecule has 0 aliphatic carbocycles. The monoisotopic (exact) mass is 362 g/mol. The van der Waals surface area contributed by atoms with Crippen molar-refractivity contribution in [2.45, 2.75) is 51.7 Å². The van der Waals surface area contributed by atoms with Crippen molar-refractivity contribution < 1.29 is 18.9 Å². The molecular weight excluding hydrogens is 328 g/mol. The van der Waals surface area contributed by atoms with Gasteiger partial charge < -0.3 is 18.9 Å². The molecule has 4 nitrogen and oxygen atoms in total. The third-order valence-electron chi connectivity index (χ3n) is 6.62. The molecule has 26 heavy (non-hydrogen) atoms. The highest BCUT2D eigenvalue weighted by molar-refractivity contribution is 5.26. The predicted octanol–water partition coefficient (Wildman–Crippen LogP) is 4.70. The van der Waals surface area contributed by atoms with E-state index >= 15 is 0 Å². The van der Waals surface area contributed by atoms with Crippen molar-refractivity contribution in [2.24, 2.45) is 10.8 Å². The summed E-state index contributed by atoms with van der Waals surface area (Å²) in [7, 11) is 3.61. The van der Waals surface area contributed by atoms with Gasteiger partial charge in [-0.05, 0) is 36.8 Å². The van der Waals surface area contributed by atoms with Gasteiger partial charge in [0, 0.05) is 25.0 Å². The van der Waals surface area contributed by atoms with Gasteiger partial charge in [0.05, 0.1) is 38.6 Å². The second-order valence-electron chi connectivity index (χ2n) is 8.22. The lowest BCUT2D eigenvalue weighted by molar-refractivity contribution is -0.138. The lowest BCUT2D eigenvalue weighted by Crippen LogP contribution is -2.43. The van der Waals surface area contributed by atoms with Crippen LogP contribution in [0.4, 0.5) is 0 Å². The molecule has 0 spiro atoms. The number of ether oxygens (including phenoxy) is 4. The van der Waals surface area contributed by atoms with Gasteiger partial charge in [0.1, 0.15) is 0 Å². The molecule has 0 bridgehead atoms. The lowest BCUT2D eigenvalue weighted by atomic mass is 9.76. The van der Waals surface area contributed by atoms with Crippen LogP contribution in [0.2, 0.25) is 0 Å². The zero-order valence-corrected chi connectivity index (χ0v) is 16.8. The molecule has 2 atom stereocenters. The van der Waals surface area contributed by atoms with Crippen molar-refractivity contribution in [3.8, 4) is 0 Å². The fraction of sp³-hybridized carbons (Fsp3) is 0.727. The third-order valence-corrected chi connectivity index (χ3v) is 6.62. The second-order valence-corrected chi connectivity index (χ2v) is 8.22. The molecule has 2 heterocycles. The summed E-state index contributed by atoms with van der Waals surface area (Å²) in [5, 5.41) is 0. The van der Waals surface area contributed by atoms with Gasteiger partial charge >= 0.3 is 0 Å². The summed E-state index contributed by atoms with van der Waals surface area (Å²) in [5.74, 6) is 0. The van der Waals surface area contributed by atoms with Crippen molar-refractivity contribution in [1.82, 2.24) is 0 Å². The first kappa shape index (κ1) is 19.8. The maximum Gasteiger partial charge on any atom is 0.0828 e. The summed E-state index contributed by atoms with van der Waals surface area (Å²) in [6, 6.07) is 8.81. The van der Waals surface area contributed by atoms with Crippen molar-refractivity contribution in [3.63, 3.8) is 0 Å². The highest BCUT2D eigenvalue weighted by atomic mass is 16.5. The van der Waals surface area contributed by atoms with Crippen LogP contribution in [0, 0.1) is 10.8 Å². The fourth-order valence-corrected chi connectivity index (χ4v) is 4.10. The van der Waals surface area contributed by atoms with E-state index in [1.165, 1.54) is 11.1 Å². The molecule has 0 saturated carbocycles. The third kappa shape index (κ3) is 3.99. The minimum atomic E-state index is 0.121. The van der Waals surface area contributed by atoms with E-state index in [-0.39, 0.29) is 23.0 Å². The van der Waals surface area contributed by atoms with E-state index in [0.717, 1.165) is 52.1 Å². The molecule has 2 saturated heterocycles. The molecular formula is C22H34O4. The molecule has 2 aliphatic heterocycles. The summed E-state index contributed by atoms with van der Waals surface area (Å²) >= 11 is 0. The van der Waals surface area contributed by atoms with Crippen molar-refractivity contribution in [2.75, 3.05) is 40.6 Å². The van der Waals surface area contributed by atoms with Crippen LogP contribution in [0.25, 0.3) is 0 Å². The first-order valence-corrected chi connectivity index (χ1v) is 9.90. The minimum Gasteiger partial charge on any atom is -0.380 e. The number of hydrogen-bond acceptors (Lipinski definition) is 4. The second kappa shape index (κ2) is 8.39. The van der Waals surface area contributed by atoms with E-state index < -0.39 is 0 Å². The van der Waals surface area contributed by atoms with Gasteiger partial charge in [-0.25, -0.2) is 0 Å². The number of methoxy groups -OCH3 is 2. The summed E-state index contributed by atoms with van der Waals surface area (Å²) in [4.78, 5) is 0. The zero-order valence-electron chi connectivity index (χ0n) is 16.8. The largest absolute Gasteiger partial charge is 0.380 e. The zero-order chi connectivity index (χ0) is 18.6. The molecule has 0 radical (unpaired) electrons.